The van der Waals surface area contributed by atoms with Crippen LogP contribution in [0.1, 0.15) is 10.5 Å². The van der Waals surface area contributed by atoms with Crippen molar-refractivity contribution in [2.75, 3.05) is 70.3 Å². The predicted molar refractivity (Wildman–Crippen MR) is 110 cm³/mol. The highest BCUT2D eigenvalue weighted by Gasteiger charge is 2.21. The molecule has 0 radical (unpaired) electrons. The zero-order valence-corrected chi connectivity index (χ0v) is 16.8. The predicted octanol–water partition coefficient (Wildman–Crippen LogP) is 1.10. The van der Waals surface area contributed by atoms with Crippen LogP contribution in [0, 0.1) is 0 Å². The molecular formula is C20H28N6O2. The second-order valence-corrected chi connectivity index (χ2v) is 6.96. The fourth-order valence-electron chi connectivity index (χ4n) is 3.15. The average molecular weight is 384 g/mol. The van der Waals surface area contributed by atoms with Crippen LogP contribution in [-0.2, 0) is 0 Å². The zero-order chi connectivity index (χ0) is 19.9. The lowest BCUT2D eigenvalue weighted by atomic mass is 10.2. The van der Waals surface area contributed by atoms with Crippen molar-refractivity contribution in [3.63, 3.8) is 0 Å². The van der Waals surface area contributed by atoms with Crippen LogP contribution >= 0.6 is 0 Å². The molecule has 28 heavy (non-hydrogen) atoms. The summed E-state index contributed by atoms with van der Waals surface area (Å²) in [5, 5.41) is 2.85. The van der Waals surface area contributed by atoms with E-state index < -0.39 is 0 Å². The Hall–Kier alpha value is -2.87. The summed E-state index contributed by atoms with van der Waals surface area (Å²) < 4.78 is 5.47. The molecule has 2 heterocycles. The van der Waals surface area contributed by atoms with Gasteiger partial charge < -0.3 is 24.8 Å². The Kier molecular flexibility index (Phi) is 6.65. The summed E-state index contributed by atoms with van der Waals surface area (Å²) in [6.45, 7) is 4.78. The molecule has 1 aromatic carbocycles. The molecular weight excluding hydrogens is 356 g/mol. The van der Waals surface area contributed by atoms with E-state index in [0.717, 1.165) is 50.0 Å². The Morgan fingerprint density at radius 1 is 1.11 bits per heavy atom. The van der Waals surface area contributed by atoms with E-state index >= 15 is 0 Å². The standard InChI is InChI=1S/C20H28N6O2/c1-24(2)9-8-21-20(27)16-14-23-19(15-22-16)26-12-10-25(11-13-26)17-6-4-5-7-18(17)28-3/h4-7,14-15H,8-13H2,1-3H3,(H,21,27). The van der Waals surface area contributed by atoms with Crippen molar-refractivity contribution in [3.8, 4) is 5.75 Å². The van der Waals surface area contributed by atoms with Crippen LogP contribution in [-0.4, -0.2) is 81.2 Å². The van der Waals surface area contributed by atoms with Gasteiger partial charge in [-0.2, -0.15) is 0 Å². The summed E-state index contributed by atoms with van der Waals surface area (Å²) in [5.74, 6) is 1.49. The van der Waals surface area contributed by atoms with Crippen LogP contribution in [0.15, 0.2) is 36.7 Å². The molecule has 0 unspecified atom stereocenters. The summed E-state index contributed by atoms with van der Waals surface area (Å²) in [6.07, 6.45) is 3.23. The SMILES string of the molecule is COc1ccccc1N1CCN(c2cnc(C(=O)NCCN(C)C)cn2)CC1. The van der Waals surface area contributed by atoms with Gasteiger partial charge in [0.1, 0.15) is 17.3 Å². The minimum Gasteiger partial charge on any atom is -0.495 e. The number of benzene rings is 1. The molecule has 150 valence electrons. The van der Waals surface area contributed by atoms with E-state index in [9.17, 15) is 4.79 Å². The largest absolute Gasteiger partial charge is 0.495 e. The molecule has 1 saturated heterocycles. The molecule has 0 saturated carbocycles. The number of carbonyl (C=O) groups is 1. The third-order valence-corrected chi connectivity index (χ3v) is 4.74. The number of hydrogen-bond donors (Lipinski definition) is 1. The number of nitrogens with zero attached hydrogens (tertiary/aromatic N) is 5. The van der Waals surface area contributed by atoms with Gasteiger partial charge in [0.2, 0.25) is 0 Å². The van der Waals surface area contributed by atoms with Crippen LogP contribution in [0.25, 0.3) is 0 Å². The van der Waals surface area contributed by atoms with Crippen LogP contribution in [0.2, 0.25) is 0 Å². The van der Waals surface area contributed by atoms with Gasteiger partial charge in [-0.3, -0.25) is 4.79 Å². The number of nitrogens with one attached hydrogen (secondary N) is 1. The first kappa shape index (κ1) is 19.9. The Morgan fingerprint density at radius 3 is 2.46 bits per heavy atom. The number of piperazine rings is 1. The zero-order valence-electron chi connectivity index (χ0n) is 16.8. The summed E-state index contributed by atoms with van der Waals surface area (Å²) in [6, 6.07) is 8.07. The van der Waals surface area contributed by atoms with Crippen LogP contribution in [0.5, 0.6) is 5.75 Å². The van der Waals surface area contributed by atoms with Crippen LogP contribution in [0.3, 0.4) is 0 Å². The maximum atomic E-state index is 12.1. The molecule has 1 aromatic heterocycles. The Balaban J connectivity index is 1.55. The second-order valence-electron chi connectivity index (χ2n) is 6.96. The summed E-state index contributed by atoms with van der Waals surface area (Å²) in [5.41, 5.74) is 1.45. The third kappa shape index (κ3) is 4.89. The highest BCUT2D eigenvalue weighted by Crippen LogP contribution is 2.28. The number of likely N-dealkylation sites (N-methyl/N-ethyl adjacent to an activating group) is 1. The first-order valence-corrected chi connectivity index (χ1v) is 9.46. The van der Waals surface area contributed by atoms with E-state index in [0.29, 0.717) is 12.2 Å². The fraction of sp³-hybridized carbons (Fsp3) is 0.450. The van der Waals surface area contributed by atoms with Gasteiger partial charge in [0.05, 0.1) is 25.2 Å². The van der Waals surface area contributed by atoms with Gasteiger partial charge in [0.25, 0.3) is 5.91 Å². The van der Waals surface area contributed by atoms with Crippen molar-refractivity contribution in [2.45, 2.75) is 0 Å². The number of carbonyl (C=O) groups excluding carboxylic acids is 1. The first-order chi connectivity index (χ1) is 13.6. The van der Waals surface area contributed by atoms with Crippen LogP contribution in [0.4, 0.5) is 11.5 Å². The van der Waals surface area contributed by atoms with Gasteiger partial charge in [-0.05, 0) is 26.2 Å². The topological polar surface area (TPSA) is 73.8 Å². The number of aromatic nitrogens is 2. The molecule has 8 nitrogen and oxygen atoms in total. The number of methoxy groups -OCH3 is 1. The Labute approximate surface area is 166 Å². The number of amides is 1. The van der Waals surface area contributed by atoms with Crippen molar-refractivity contribution in [1.82, 2.24) is 20.2 Å². The van der Waals surface area contributed by atoms with E-state index in [1.54, 1.807) is 19.5 Å². The molecule has 3 rings (SSSR count). The number of para-hydroxylation sites is 2. The van der Waals surface area contributed by atoms with Crippen LogP contribution < -0.4 is 19.9 Å². The summed E-state index contributed by atoms with van der Waals surface area (Å²) >= 11 is 0. The maximum absolute atomic E-state index is 12.1. The number of hydrogen-bond acceptors (Lipinski definition) is 7. The van der Waals surface area contributed by atoms with E-state index in [1.165, 1.54) is 0 Å². The Morgan fingerprint density at radius 2 is 1.82 bits per heavy atom. The maximum Gasteiger partial charge on any atom is 0.271 e. The van der Waals surface area contributed by atoms with Crippen molar-refractivity contribution >= 4 is 17.4 Å². The van der Waals surface area contributed by atoms with Gasteiger partial charge in [-0.15, -0.1) is 0 Å². The van der Waals surface area contributed by atoms with Gasteiger partial charge in [-0.1, -0.05) is 12.1 Å². The molecule has 1 N–H and O–H groups in total. The molecule has 0 spiro atoms. The third-order valence-electron chi connectivity index (χ3n) is 4.74. The fourth-order valence-corrected chi connectivity index (χ4v) is 3.15. The van der Waals surface area contributed by atoms with Crippen molar-refractivity contribution in [1.29, 1.82) is 0 Å². The molecule has 1 amide bonds. The van der Waals surface area contributed by atoms with E-state index in [2.05, 4.69) is 31.2 Å². The smallest absolute Gasteiger partial charge is 0.271 e. The minimum atomic E-state index is -0.193. The highest BCUT2D eigenvalue weighted by molar-refractivity contribution is 5.92. The average Bonchev–Trinajstić information content (AvgIpc) is 2.73. The molecule has 1 fully saturated rings. The van der Waals surface area contributed by atoms with Crippen molar-refractivity contribution in [2.24, 2.45) is 0 Å². The van der Waals surface area contributed by atoms with E-state index in [4.69, 9.17) is 4.74 Å². The molecule has 0 atom stereocenters. The van der Waals surface area contributed by atoms with Gasteiger partial charge in [0, 0.05) is 39.3 Å². The summed E-state index contributed by atoms with van der Waals surface area (Å²) in [7, 11) is 5.63. The molecule has 0 bridgehead atoms. The highest BCUT2D eigenvalue weighted by atomic mass is 16.5. The quantitative estimate of drug-likeness (QED) is 0.766. The van der Waals surface area contributed by atoms with Crippen molar-refractivity contribution in [3.05, 3.63) is 42.4 Å². The van der Waals surface area contributed by atoms with Gasteiger partial charge >= 0.3 is 0 Å². The number of ether oxygens (including phenoxy) is 1. The Bertz CT molecular complexity index is 773. The molecule has 8 heteroatoms. The lowest BCUT2D eigenvalue weighted by Gasteiger charge is -2.37. The minimum absolute atomic E-state index is 0.193. The van der Waals surface area contributed by atoms with Gasteiger partial charge in [-0.25, -0.2) is 9.97 Å². The van der Waals surface area contributed by atoms with E-state index in [1.807, 2.05) is 37.2 Å². The first-order valence-electron chi connectivity index (χ1n) is 9.46. The van der Waals surface area contributed by atoms with E-state index in [-0.39, 0.29) is 5.91 Å². The molecule has 1 aliphatic heterocycles. The summed E-state index contributed by atoms with van der Waals surface area (Å²) in [4.78, 5) is 27.4. The normalized spacial score (nSPS) is 14.3. The van der Waals surface area contributed by atoms with Gasteiger partial charge in [0.15, 0.2) is 0 Å². The lowest BCUT2D eigenvalue weighted by molar-refractivity contribution is 0.0945. The lowest BCUT2D eigenvalue weighted by Crippen LogP contribution is -2.47. The number of anilines is 2. The number of rotatable bonds is 7. The van der Waals surface area contributed by atoms with Crippen molar-refractivity contribution < 1.29 is 9.53 Å². The molecule has 2 aromatic rings. The second kappa shape index (κ2) is 9.36. The molecule has 1 aliphatic rings. The molecule has 0 aliphatic carbocycles. The monoisotopic (exact) mass is 384 g/mol.